The van der Waals surface area contributed by atoms with Crippen LogP contribution in [0.15, 0.2) is 24.3 Å². The summed E-state index contributed by atoms with van der Waals surface area (Å²) in [6.07, 6.45) is -5.80. The molecule has 0 atom stereocenters. The molecule has 0 radical (unpaired) electrons. The van der Waals surface area contributed by atoms with E-state index in [1.165, 1.54) is 4.90 Å². The van der Waals surface area contributed by atoms with Gasteiger partial charge in [-0.15, -0.1) is 0 Å². The molecule has 0 unspecified atom stereocenters. The number of nitrogens with zero attached hydrogens (tertiary/aromatic N) is 2. The van der Waals surface area contributed by atoms with Crippen LogP contribution in [0.1, 0.15) is 13.3 Å². The number of alkyl halides is 3. The fraction of sp³-hybridized carbons (Fsp3) is 0.615. The van der Waals surface area contributed by atoms with Crippen molar-refractivity contribution in [3.8, 4) is 0 Å². The van der Waals surface area contributed by atoms with Crippen molar-refractivity contribution in [2.45, 2.75) is 19.5 Å². The first kappa shape index (κ1) is 15.8. The highest BCUT2D eigenvalue weighted by Crippen LogP contribution is 2.21. The molecule has 1 heterocycles. The molecule has 1 fully saturated rings. The topological polar surface area (TPSA) is 23.6 Å². The van der Waals surface area contributed by atoms with Gasteiger partial charge in [0.1, 0.15) is 6.42 Å². The van der Waals surface area contributed by atoms with Crippen LogP contribution in [0.4, 0.5) is 13.2 Å². The second-order valence-corrected chi connectivity index (χ2v) is 4.83. The second-order valence-electron chi connectivity index (χ2n) is 4.83. The van der Waals surface area contributed by atoms with Crippen molar-refractivity contribution in [3.05, 3.63) is 24.3 Å². The highest BCUT2D eigenvalue weighted by atomic mass is 19.4. The number of halogens is 3. The molecule has 19 heavy (non-hydrogen) atoms. The summed E-state index contributed by atoms with van der Waals surface area (Å²) in [4.78, 5) is 14.7. The SMILES string of the molecule is C=C(C)C(=C)CN1CCN(C(=O)CC(F)(F)F)CC1. The Morgan fingerprint density at radius 2 is 1.68 bits per heavy atom. The van der Waals surface area contributed by atoms with Gasteiger partial charge in [-0.2, -0.15) is 13.2 Å². The average Bonchev–Trinajstić information content (AvgIpc) is 2.27. The maximum atomic E-state index is 12.1. The van der Waals surface area contributed by atoms with Gasteiger partial charge < -0.3 is 4.90 Å². The molecule has 1 aliphatic heterocycles. The van der Waals surface area contributed by atoms with E-state index in [4.69, 9.17) is 0 Å². The molecular formula is C13H19F3N2O. The Balaban J connectivity index is 2.39. The lowest BCUT2D eigenvalue weighted by Crippen LogP contribution is -2.49. The van der Waals surface area contributed by atoms with Crippen molar-refractivity contribution in [1.29, 1.82) is 0 Å². The van der Waals surface area contributed by atoms with E-state index in [0.29, 0.717) is 32.7 Å². The molecule has 0 N–H and O–H groups in total. The maximum absolute atomic E-state index is 12.1. The Hall–Kier alpha value is -1.30. The molecular weight excluding hydrogens is 257 g/mol. The van der Waals surface area contributed by atoms with Crippen LogP contribution in [0.25, 0.3) is 0 Å². The second kappa shape index (κ2) is 6.23. The lowest BCUT2D eigenvalue weighted by atomic mass is 10.1. The van der Waals surface area contributed by atoms with Crippen LogP contribution in [0.3, 0.4) is 0 Å². The monoisotopic (exact) mass is 276 g/mol. The minimum Gasteiger partial charge on any atom is -0.340 e. The summed E-state index contributed by atoms with van der Waals surface area (Å²) in [5.41, 5.74) is 1.81. The Kier molecular flexibility index (Phi) is 5.17. The van der Waals surface area contributed by atoms with Gasteiger partial charge in [0.2, 0.25) is 5.91 Å². The summed E-state index contributed by atoms with van der Waals surface area (Å²) >= 11 is 0. The molecule has 3 nitrogen and oxygen atoms in total. The molecule has 0 aromatic heterocycles. The van der Waals surface area contributed by atoms with Crippen LogP contribution < -0.4 is 0 Å². The van der Waals surface area contributed by atoms with Gasteiger partial charge in [-0.1, -0.05) is 18.7 Å². The summed E-state index contributed by atoms with van der Waals surface area (Å²) in [7, 11) is 0. The van der Waals surface area contributed by atoms with Crippen LogP contribution in [0.5, 0.6) is 0 Å². The zero-order valence-corrected chi connectivity index (χ0v) is 11.1. The standard InChI is InChI=1S/C13H19F3N2O/c1-10(2)11(3)9-17-4-6-18(7-5-17)12(19)8-13(14,15)16/h1,3-9H2,2H3. The number of hydrogen-bond acceptors (Lipinski definition) is 2. The first-order valence-corrected chi connectivity index (χ1v) is 6.09. The van der Waals surface area contributed by atoms with Crippen molar-refractivity contribution in [2.24, 2.45) is 0 Å². The lowest BCUT2D eigenvalue weighted by Gasteiger charge is -2.35. The van der Waals surface area contributed by atoms with Gasteiger partial charge in [0.05, 0.1) is 0 Å². The number of carbonyl (C=O) groups excluding carboxylic acids is 1. The molecule has 1 rings (SSSR count). The Bertz CT molecular complexity index is 369. The Morgan fingerprint density at radius 3 is 2.11 bits per heavy atom. The molecule has 1 saturated heterocycles. The third kappa shape index (κ3) is 5.46. The van der Waals surface area contributed by atoms with Crippen LogP contribution in [0, 0.1) is 0 Å². The summed E-state index contributed by atoms with van der Waals surface area (Å²) in [5, 5.41) is 0. The predicted molar refractivity (Wildman–Crippen MR) is 67.6 cm³/mol. The van der Waals surface area contributed by atoms with E-state index in [-0.39, 0.29) is 0 Å². The third-order valence-corrected chi connectivity index (χ3v) is 3.09. The highest BCUT2D eigenvalue weighted by molar-refractivity contribution is 5.76. The first-order valence-electron chi connectivity index (χ1n) is 6.09. The highest BCUT2D eigenvalue weighted by Gasteiger charge is 2.34. The van der Waals surface area contributed by atoms with E-state index in [0.717, 1.165) is 11.1 Å². The predicted octanol–water partition coefficient (Wildman–Crippen LogP) is 2.22. The van der Waals surface area contributed by atoms with E-state index in [9.17, 15) is 18.0 Å². The molecule has 1 amide bonds. The molecule has 0 bridgehead atoms. The fourth-order valence-electron chi connectivity index (χ4n) is 1.84. The number of piperazine rings is 1. The smallest absolute Gasteiger partial charge is 0.340 e. The average molecular weight is 276 g/mol. The molecule has 6 heteroatoms. The Labute approximate surface area is 111 Å². The van der Waals surface area contributed by atoms with Gasteiger partial charge in [-0.3, -0.25) is 9.69 Å². The minimum absolute atomic E-state index is 0.332. The molecule has 0 aromatic carbocycles. The molecule has 0 spiro atoms. The first-order chi connectivity index (χ1) is 8.69. The third-order valence-electron chi connectivity index (χ3n) is 3.09. The Morgan fingerprint density at radius 1 is 1.16 bits per heavy atom. The van der Waals surface area contributed by atoms with Gasteiger partial charge >= 0.3 is 6.18 Å². The normalized spacial score (nSPS) is 17.4. The maximum Gasteiger partial charge on any atom is 0.397 e. The van der Waals surface area contributed by atoms with Crippen molar-refractivity contribution in [2.75, 3.05) is 32.7 Å². The van der Waals surface area contributed by atoms with Crippen molar-refractivity contribution < 1.29 is 18.0 Å². The van der Waals surface area contributed by atoms with Crippen LogP contribution in [-0.2, 0) is 4.79 Å². The van der Waals surface area contributed by atoms with Crippen molar-refractivity contribution in [3.63, 3.8) is 0 Å². The zero-order chi connectivity index (χ0) is 14.6. The number of amides is 1. The molecule has 0 saturated carbocycles. The number of rotatable bonds is 4. The van der Waals surface area contributed by atoms with E-state index in [2.05, 4.69) is 18.1 Å². The van der Waals surface area contributed by atoms with Crippen LogP contribution in [-0.4, -0.2) is 54.6 Å². The van der Waals surface area contributed by atoms with Gasteiger partial charge in [0, 0.05) is 32.7 Å². The van der Waals surface area contributed by atoms with E-state index in [1.54, 1.807) is 0 Å². The van der Waals surface area contributed by atoms with Crippen molar-refractivity contribution in [1.82, 2.24) is 9.80 Å². The number of hydrogen-bond donors (Lipinski definition) is 0. The lowest BCUT2D eigenvalue weighted by molar-refractivity contribution is -0.162. The molecule has 0 aliphatic carbocycles. The van der Waals surface area contributed by atoms with E-state index in [1.807, 2.05) is 6.92 Å². The van der Waals surface area contributed by atoms with E-state index >= 15 is 0 Å². The molecule has 1 aliphatic rings. The molecule has 0 aromatic rings. The summed E-state index contributed by atoms with van der Waals surface area (Å²) in [6.45, 7) is 12.0. The largest absolute Gasteiger partial charge is 0.397 e. The molecule has 108 valence electrons. The van der Waals surface area contributed by atoms with Gasteiger partial charge in [-0.25, -0.2) is 0 Å². The van der Waals surface area contributed by atoms with Gasteiger partial charge in [0.25, 0.3) is 0 Å². The van der Waals surface area contributed by atoms with Crippen LogP contribution in [0.2, 0.25) is 0 Å². The van der Waals surface area contributed by atoms with Gasteiger partial charge in [0.15, 0.2) is 0 Å². The summed E-state index contributed by atoms with van der Waals surface area (Å²) in [5.74, 6) is -0.842. The fourth-order valence-corrected chi connectivity index (χ4v) is 1.84. The minimum atomic E-state index is -4.43. The van der Waals surface area contributed by atoms with Crippen molar-refractivity contribution >= 4 is 5.91 Å². The quantitative estimate of drug-likeness (QED) is 0.735. The van der Waals surface area contributed by atoms with Gasteiger partial charge in [-0.05, 0) is 12.5 Å². The number of carbonyl (C=O) groups is 1. The van der Waals surface area contributed by atoms with Crippen LogP contribution >= 0.6 is 0 Å². The zero-order valence-electron chi connectivity index (χ0n) is 11.1. The summed E-state index contributed by atoms with van der Waals surface area (Å²) in [6, 6.07) is 0. The van der Waals surface area contributed by atoms with E-state index < -0.39 is 18.5 Å². The summed E-state index contributed by atoms with van der Waals surface area (Å²) < 4.78 is 36.4.